The van der Waals surface area contributed by atoms with E-state index in [1.807, 2.05) is 39.0 Å². The highest BCUT2D eigenvalue weighted by Crippen LogP contribution is 2.47. The third kappa shape index (κ3) is 7.01. The predicted molar refractivity (Wildman–Crippen MR) is 129 cm³/mol. The van der Waals surface area contributed by atoms with Crippen LogP contribution in [0, 0.1) is 11.8 Å². The number of likely N-dealkylation sites (tertiary alicyclic amines) is 1. The van der Waals surface area contributed by atoms with Crippen molar-refractivity contribution in [2.24, 2.45) is 11.8 Å². The van der Waals surface area contributed by atoms with E-state index in [1.165, 1.54) is 0 Å². The number of methoxy groups -OCH3 is 2. The van der Waals surface area contributed by atoms with E-state index >= 15 is 0 Å². The minimum absolute atomic E-state index is 0.0247. The zero-order valence-corrected chi connectivity index (χ0v) is 21.9. The first-order valence-corrected chi connectivity index (χ1v) is 12.0. The standard InChI is InChI=1S/C26H41NO7/c1-9-32-24(28)20-16-19(17(2)3)23(27(20)25(29)34-26(4,5)6)18-11-12-21(31-8)22(15-18)33-14-10-13-30-7/h11-12,15,17,19-20,23H,9-10,13-14,16H2,1-8H3/t19-,20-,23?/m0/s1. The molecule has 1 aromatic rings. The third-order valence-electron chi connectivity index (χ3n) is 5.84. The lowest BCUT2D eigenvalue weighted by atomic mass is 9.84. The van der Waals surface area contributed by atoms with E-state index in [0.717, 1.165) is 12.0 Å². The number of hydrogen-bond donors (Lipinski definition) is 0. The number of amides is 1. The van der Waals surface area contributed by atoms with Crippen molar-refractivity contribution >= 4 is 12.1 Å². The number of carbonyl (C=O) groups excluding carboxylic acids is 2. The van der Waals surface area contributed by atoms with Gasteiger partial charge < -0.3 is 23.7 Å². The van der Waals surface area contributed by atoms with Gasteiger partial charge in [0.2, 0.25) is 0 Å². The molecule has 0 radical (unpaired) electrons. The second-order valence-corrected chi connectivity index (χ2v) is 9.85. The van der Waals surface area contributed by atoms with Crippen molar-refractivity contribution in [2.45, 2.75) is 72.1 Å². The number of esters is 1. The highest BCUT2D eigenvalue weighted by molar-refractivity contribution is 5.83. The van der Waals surface area contributed by atoms with Gasteiger partial charge in [-0.05, 0) is 63.6 Å². The Balaban J connectivity index is 2.51. The highest BCUT2D eigenvalue weighted by Gasteiger charge is 2.50. The van der Waals surface area contributed by atoms with Gasteiger partial charge >= 0.3 is 12.1 Å². The van der Waals surface area contributed by atoms with Crippen LogP contribution in [0.15, 0.2) is 18.2 Å². The van der Waals surface area contributed by atoms with Gasteiger partial charge in [-0.2, -0.15) is 0 Å². The van der Waals surface area contributed by atoms with Crippen molar-refractivity contribution in [1.82, 2.24) is 4.90 Å². The molecule has 1 aliphatic heterocycles. The van der Waals surface area contributed by atoms with Gasteiger partial charge in [-0.1, -0.05) is 19.9 Å². The average Bonchev–Trinajstić information content (AvgIpc) is 3.17. The predicted octanol–water partition coefficient (Wildman–Crippen LogP) is 5.00. The van der Waals surface area contributed by atoms with Crippen molar-refractivity contribution < 1.29 is 33.3 Å². The summed E-state index contributed by atoms with van der Waals surface area (Å²) in [6.45, 7) is 12.7. The average molecular weight is 480 g/mol. The Morgan fingerprint density at radius 2 is 1.82 bits per heavy atom. The molecule has 1 unspecified atom stereocenters. The normalized spacial score (nSPS) is 20.4. The second kappa shape index (κ2) is 12.3. The van der Waals surface area contributed by atoms with Crippen molar-refractivity contribution in [1.29, 1.82) is 0 Å². The number of benzene rings is 1. The summed E-state index contributed by atoms with van der Waals surface area (Å²) >= 11 is 0. The van der Waals surface area contributed by atoms with E-state index in [1.54, 1.807) is 26.0 Å². The van der Waals surface area contributed by atoms with Gasteiger partial charge in [-0.25, -0.2) is 9.59 Å². The Labute approximate surface area is 203 Å². The molecule has 0 bridgehead atoms. The number of carbonyl (C=O) groups is 2. The van der Waals surface area contributed by atoms with Crippen LogP contribution < -0.4 is 9.47 Å². The molecule has 34 heavy (non-hydrogen) atoms. The van der Waals surface area contributed by atoms with Crippen LogP contribution in [-0.2, 0) is 19.0 Å². The van der Waals surface area contributed by atoms with Gasteiger partial charge in [-0.3, -0.25) is 4.90 Å². The first-order chi connectivity index (χ1) is 16.0. The van der Waals surface area contributed by atoms with Gasteiger partial charge in [0.1, 0.15) is 11.6 Å². The van der Waals surface area contributed by atoms with E-state index in [2.05, 4.69) is 13.8 Å². The Morgan fingerprint density at radius 1 is 1.12 bits per heavy atom. The lowest BCUT2D eigenvalue weighted by molar-refractivity contribution is -0.148. The molecule has 0 spiro atoms. The second-order valence-electron chi connectivity index (χ2n) is 9.85. The monoisotopic (exact) mass is 479 g/mol. The van der Waals surface area contributed by atoms with Gasteiger partial charge in [0.15, 0.2) is 11.5 Å². The molecule has 192 valence electrons. The number of nitrogens with zero attached hydrogens (tertiary/aromatic N) is 1. The molecule has 0 N–H and O–H groups in total. The lowest BCUT2D eigenvalue weighted by Gasteiger charge is -2.34. The fraction of sp³-hybridized carbons (Fsp3) is 0.692. The lowest BCUT2D eigenvalue weighted by Crippen LogP contribution is -2.45. The fourth-order valence-electron chi connectivity index (χ4n) is 4.32. The van der Waals surface area contributed by atoms with Crippen LogP contribution in [0.2, 0.25) is 0 Å². The first-order valence-electron chi connectivity index (χ1n) is 12.0. The molecular formula is C26H41NO7. The maximum Gasteiger partial charge on any atom is 0.411 e. The molecule has 0 saturated carbocycles. The summed E-state index contributed by atoms with van der Waals surface area (Å²) in [5, 5.41) is 0. The van der Waals surface area contributed by atoms with E-state index in [0.29, 0.717) is 31.1 Å². The van der Waals surface area contributed by atoms with Crippen LogP contribution in [0.3, 0.4) is 0 Å². The molecule has 0 aromatic heterocycles. The largest absolute Gasteiger partial charge is 0.493 e. The smallest absolute Gasteiger partial charge is 0.411 e. The van der Waals surface area contributed by atoms with Crippen molar-refractivity contribution in [3.63, 3.8) is 0 Å². The summed E-state index contributed by atoms with van der Waals surface area (Å²) in [6, 6.07) is 4.56. The number of rotatable bonds is 10. The molecule has 1 amide bonds. The van der Waals surface area contributed by atoms with E-state index in [-0.39, 0.29) is 24.5 Å². The third-order valence-corrected chi connectivity index (χ3v) is 5.84. The molecule has 0 aliphatic carbocycles. The summed E-state index contributed by atoms with van der Waals surface area (Å²) in [5.74, 6) is 1.01. The Morgan fingerprint density at radius 3 is 2.38 bits per heavy atom. The van der Waals surface area contributed by atoms with Crippen LogP contribution in [0.1, 0.15) is 66.0 Å². The van der Waals surface area contributed by atoms with Crippen LogP contribution in [0.5, 0.6) is 11.5 Å². The molecule has 1 saturated heterocycles. The van der Waals surface area contributed by atoms with Crippen LogP contribution in [0.4, 0.5) is 4.79 Å². The molecule has 1 aromatic carbocycles. The summed E-state index contributed by atoms with van der Waals surface area (Å²) in [6.07, 6.45) is 0.699. The number of hydrogen-bond acceptors (Lipinski definition) is 7. The van der Waals surface area contributed by atoms with E-state index < -0.39 is 23.7 Å². The maximum atomic E-state index is 13.4. The Bertz CT molecular complexity index is 818. The summed E-state index contributed by atoms with van der Waals surface area (Å²) < 4.78 is 27.7. The number of ether oxygens (including phenoxy) is 5. The van der Waals surface area contributed by atoms with E-state index in [4.69, 9.17) is 23.7 Å². The van der Waals surface area contributed by atoms with Crippen LogP contribution in [0.25, 0.3) is 0 Å². The molecule has 1 heterocycles. The Kier molecular flexibility index (Phi) is 10.0. The highest BCUT2D eigenvalue weighted by atomic mass is 16.6. The fourth-order valence-corrected chi connectivity index (χ4v) is 4.32. The molecule has 8 nitrogen and oxygen atoms in total. The minimum Gasteiger partial charge on any atom is -0.493 e. The van der Waals surface area contributed by atoms with Crippen molar-refractivity contribution in [2.75, 3.05) is 34.0 Å². The van der Waals surface area contributed by atoms with Gasteiger partial charge in [-0.15, -0.1) is 0 Å². The topological polar surface area (TPSA) is 83.5 Å². The van der Waals surface area contributed by atoms with Gasteiger partial charge in [0.05, 0.1) is 26.4 Å². The molecule has 8 heteroatoms. The van der Waals surface area contributed by atoms with Crippen LogP contribution in [-0.4, -0.2) is 62.6 Å². The molecule has 3 atom stereocenters. The minimum atomic E-state index is -0.722. The van der Waals surface area contributed by atoms with Crippen molar-refractivity contribution in [3.8, 4) is 11.5 Å². The molecular weight excluding hydrogens is 438 g/mol. The quantitative estimate of drug-likeness (QED) is 0.345. The van der Waals surface area contributed by atoms with Crippen LogP contribution >= 0.6 is 0 Å². The first kappa shape index (κ1) is 27.8. The van der Waals surface area contributed by atoms with Gasteiger partial charge in [0, 0.05) is 20.1 Å². The summed E-state index contributed by atoms with van der Waals surface area (Å²) in [4.78, 5) is 27.9. The van der Waals surface area contributed by atoms with E-state index in [9.17, 15) is 9.59 Å². The zero-order chi connectivity index (χ0) is 25.5. The van der Waals surface area contributed by atoms with Crippen molar-refractivity contribution in [3.05, 3.63) is 23.8 Å². The molecule has 1 aliphatic rings. The SMILES string of the molecule is CCOC(=O)[C@@H]1C[C@@H](C(C)C)C(c2ccc(OC)c(OCCCOC)c2)N1C(=O)OC(C)(C)C. The van der Waals surface area contributed by atoms with Gasteiger partial charge in [0.25, 0.3) is 0 Å². The molecule has 2 rings (SSSR count). The summed E-state index contributed by atoms with van der Waals surface area (Å²) in [5.41, 5.74) is 0.158. The summed E-state index contributed by atoms with van der Waals surface area (Å²) in [7, 11) is 3.24. The maximum absolute atomic E-state index is 13.4. The Hall–Kier alpha value is -2.48. The molecule has 1 fully saturated rings. The zero-order valence-electron chi connectivity index (χ0n) is 21.9.